The third kappa shape index (κ3) is 1.63. The standard InChI is InChI=1S/C11H11NO3S/c1-6-3-4-8-10(7(6)2)12(5-9(13)14)11(15)16-8/h3-4H,5H2,1-2H3,(H,13,14). The van der Waals surface area contributed by atoms with E-state index in [1.165, 1.54) is 4.57 Å². The van der Waals surface area contributed by atoms with E-state index < -0.39 is 5.97 Å². The number of benzene rings is 1. The van der Waals surface area contributed by atoms with Gasteiger partial charge in [-0.05, 0) is 31.0 Å². The Hall–Kier alpha value is -1.62. The Balaban J connectivity index is 2.81. The quantitative estimate of drug-likeness (QED) is 0.865. The van der Waals surface area contributed by atoms with Crippen LogP contribution in [0, 0.1) is 13.8 Å². The molecule has 1 N–H and O–H groups in total. The van der Waals surface area contributed by atoms with Crippen molar-refractivity contribution >= 4 is 27.5 Å². The van der Waals surface area contributed by atoms with Gasteiger partial charge in [0, 0.05) is 0 Å². The molecule has 0 fully saturated rings. The van der Waals surface area contributed by atoms with Crippen LogP contribution in [-0.4, -0.2) is 15.6 Å². The summed E-state index contributed by atoms with van der Waals surface area (Å²) in [5, 5.41) is 8.77. The Morgan fingerprint density at radius 2 is 2.12 bits per heavy atom. The highest BCUT2D eigenvalue weighted by Crippen LogP contribution is 2.23. The molecule has 5 heteroatoms. The zero-order chi connectivity index (χ0) is 11.9. The van der Waals surface area contributed by atoms with Crippen molar-refractivity contribution in [2.75, 3.05) is 0 Å². The summed E-state index contributed by atoms with van der Waals surface area (Å²) in [6, 6.07) is 3.81. The molecule has 1 aromatic carbocycles. The molecule has 84 valence electrons. The lowest BCUT2D eigenvalue weighted by atomic mass is 10.1. The van der Waals surface area contributed by atoms with Crippen LogP contribution in [0.1, 0.15) is 11.1 Å². The molecule has 0 bridgehead atoms. The Labute approximate surface area is 95.8 Å². The molecule has 0 radical (unpaired) electrons. The first-order valence-corrected chi connectivity index (χ1v) is 5.63. The van der Waals surface area contributed by atoms with Gasteiger partial charge in [-0.1, -0.05) is 17.4 Å². The van der Waals surface area contributed by atoms with E-state index in [9.17, 15) is 9.59 Å². The zero-order valence-electron chi connectivity index (χ0n) is 8.98. The SMILES string of the molecule is Cc1ccc2sc(=O)n(CC(=O)O)c2c1C. The Kier molecular flexibility index (Phi) is 2.55. The molecule has 0 aliphatic heterocycles. The molecular formula is C11H11NO3S. The van der Waals surface area contributed by atoms with Crippen LogP contribution < -0.4 is 4.87 Å². The van der Waals surface area contributed by atoms with Crippen LogP contribution in [-0.2, 0) is 11.3 Å². The molecule has 0 amide bonds. The van der Waals surface area contributed by atoms with Gasteiger partial charge in [0.05, 0.1) is 10.2 Å². The molecule has 0 aliphatic carbocycles. The number of fused-ring (bicyclic) bond motifs is 1. The first-order chi connectivity index (χ1) is 7.50. The van der Waals surface area contributed by atoms with Crippen molar-refractivity contribution in [3.05, 3.63) is 32.9 Å². The van der Waals surface area contributed by atoms with E-state index in [1.54, 1.807) is 0 Å². The first-order valence-electron chi connectivity index (χ1n) is 4.82. The number of carboxylic acid groups (broad SMARTS) is 1. The van der Waals surface area contributed by atoms with E-state index in [2.05, 4.69) is 0 Å². The van der Waals surface area contributed by atoms with Crippen molar-refractivity contribution in [2.24, 2.45) is 0 Å². The molecule has 0 spiro atoms. The number of aliphatic carboxylic acids is 1. The van der Waals surface area contributed by atoms with Crippen LogP contribution in [0.25, 0.3) is 10.2 Å². The summed E-state index contributed by atoms with van der Waals surface area (Å²) in [6.45, 7) is 3.58. The molecule has 0 aliphatic rings. The van der Waals surface area contributed by atoms with Crippen molar-refractivity contribution in [1.82, 2.24) is 4.57 Å². The van der Waals surface area contributed by atoms with Gasteiger partial charge in [-0.2, -0.15) is 0 Å². The predicted molar refractivity (Wildman–Crippen MR) is 63.2 cm³/mol. The lowest BCUT2D eigenvalue weighted by molar-refractivity contribution is -0.137. The summed E-state index contributed by atoms with van der Waals surface area (Å²) < 4.78 is 2.17. The minimum atomic E-state index is -0.997. The van der Waals surface area contributed by atoms with E-state index in [0.29, 0.717) is 0 Å². The second kappa shape index (κ2) is 3.75. The molecule has 0 saturated heterocycles. The van der Waals surface area contributed by atoms with Crippen LogP contribution in [0.5, 0.6) is 0 Å². The largest absolute Gasteiger partial charge is 0.480 e. The fourth-order valence-corrected chi connectivity index (χ4v) is 2.66. The minimum Gasteiger partial charge on any atom is -0.480 e. The number of hydrogen-bond donors (Lipinski definition) is 1. The molecule has 0 unspecified atom stereocenters. The second-order valence-corrected chi connectivity index (χ2v) is 4.70. The van der Waals surface area contributed by atoms with E-state index in [4.69, 9.17) is 5.11 Å². The molecule has 2 aromatic rings. The number of carboxylic acids is 1. The molecule has 2 rings (SSSR count). The highest BCUT2D eigenvalue weighted by Gasteiger charge is 2.13. The molecular weight excluding hydrogens is 226 g/mol. The summed E-state index contributed by atoms with van der Waals surface area (Å²) in [4.78, 5) is 22.1. The summed E-state index contributed by atoms with van der Waals surface area (Å²) >= 11 is 1.09. The second-order valence-electron chi connectivity index (χ2n) is 3.70. The highest BCUT2D eigenvalue weighted by molar-refractivity contribution is 7.16. The number of rotatable bonds is 2. The highest BCUT2D eigenvalue weighted by atomic mass is 32.1. The number of nitrogens with zero attached hydrogens (tertiary/aromatic N) is 1. The van der Waals surface area contributed by atoms with Gasteiger partial charge < -0.3 is 5.11 Å². The van der Waals surface area contributed by atoms with Crippen molar-refractivity contribution in [3.8, 4) is 0 Å². The lowest BCUT2D eigenvalue weighted by Gasteiger charge is -2.05. The smallest absolute Gasteiger partial charge is 0.323 e. The van der Waals surface area contributed by atoms with Gasteiger partial charge in [-0.15, -0.1) is 0 Å². The van der Waals surface area contributed by atoms with Gasteiger partial charge in [-0.25, -0.2) is 0 Å². The maximum atomic E-state index is 11.7. The Bertz CT molecular complexity index is 624. The normalized spacial score (nSPS) is 10.9. The van der Waals surface area contributed by atoms with Crippen LogP contribution in [0.3, 0.4) is 0 Å². The van der Waals surface area contributed by atoms with E-state index >= 15 is 0 Å². The average Bonchev–Trinajstić information content (AvgIpc) is 2.50. The fourth-order valence-electron chi connectivity index (χ4n) is 1.71. The van der Waals surface area contributed by atoms with Crippen LogP contribution in [0.2, 0.25) is 0 Å². The van der Waals surface area contributed by atoms with Crippen molar-refractivity contribution in [1.29, 1.82) is 0 Å². The summed E-state index contributed by atoms with van der Waals surface area (Å²) in [5.41, 5.74) is 2.78. The topological polar surface area (TPSA) is 59.3 Å². The van der Waals surface area contributed by atoms with E-state index in [1.807, 2.05) is 26.0 Å². The van der Waals surface area contributed by atoms with Gasteiger partial charge in [-0.3, -0.25) is 14.2 Å². The summed E-state index contributed by atoms with van der Waals surface area (Å²) in [5.74, 6) is -0.997. The van der Waals surface area contributed by atoms with Gasteiger partial charge in [0.25, 0.3) is 0 Å². The molecule has 1 heterocycles. The molecule has 4 nitrogen and oxygen atoms in total. The minimum absolute atomic E-state index is 0.217. The maximum absolute atomic E-state index is 11.7. The van der Waals surface area contributed by atoms with Gasteiger partial charge in [0.15, 0.2) is 0 Å². The number of aryl methyl sites for hydroxylation is 2. The number of thiazole rings is 1. The summed E-state index contributed by atoms with van der Waals surface area (Å²) in [7, 11) is 0. The van der Waals surface area contributed by atoms with E-state index in [0.717, 1.165) is 32.7 Å². The Morgan fingerprint density at radius 3 is 2.75 bits per heavy atom. The number of hydrogen-bond acceptors (Lipinski definition) is 3. The van der Waals surface area contributed by atoms with Gasteiger partial charge in [0.2, 0.25) is 0 Å². The lowest BCUT2D eigenvalue weighted by Crippen LogP contribution is -2.19. The Morgan fingerprint density at radius 1 is 1.44 bits per heavy atom. The van der Waals surface area contributed by atoms with Crippen LogP contribution in [0.15, 0.2) is 16.9 Å². The van der Waals surface area contributed by atoms with Crippen molar-refractivity contribution < 1.29 is 9.90 Å². The van der Waals surface area contributed by atoms with E-state index in [-0.39, 0.29) is 11.4 Å². The maximum Gasteiger partial charge on any atom is 0.323 e. The third-order valence-electron chi connectivity index (χ3n) is 2.65. The van der Waals surface area contributed by atoms with Crippen LogP contribution in [0.4, 0.5) is 0 Å². The molecule has 16 heavy (non-hydrogen) atoms. The monoisotopic (exact) mass is 237 g/mol. The molecule has 1 aromatic heterocycles. The first kappa shape index (κ1) is 10.9. The molecule has 0 saturated carbocycles. The van der Waals surface area contributed by atoms with Crippen molar-refractivity contribution in [2.45, 2.75) is 20.4 Å². The third-order valence-corrected chi connectivity index (χ3v) is 3.59. The fraction of sp³-hybridized carbons (Fsp3) is 0.273. The zero-order valence-corrected chi connectivity index (χ0v) is 9.80. The van der Waals surface area contributed by atoms with Crippen molar-refractivity contribution in [3.63, 3.8) is 0 Å². The summed E-state index contributed by atoms with van der Waals surface area (Å²) in [6.07, 6.45) is 0. The van der Waals surface area contributed by atoms with Gasteiger partial charge in [0.1, 0.15) is 6.54 Å². The number of carbonyl (C=O) groups is 1. The number of aromatic nitrogens is 1. The predicted octanol–water partition coefficient (Wildman–Crippen LogP) is 1.76. The average molecular weight is 237 g/mol. The van der Waals surface area contributed by atoms with Gasteiger partial charge >= 0.3 is 10.8 Å². The molecule has 0 atom stereocenters. The van der Waals surface area contributed by atoms with Crippen LogP contribution >= 0.6 is 11.3 Å².